The van der Waals surface area contributed by atoms with Gasteiger partial charge >= 0.3 is 0 Å². The topological polar surface area (TPSA) is 149 Å². The number of nitrogens with zero attached hydrogens (tertiary/aromatic N) is 5. The highest BCUT2D eigenvalue weighted by atomic mass is 35.5. The van der Waals surface area contributed by atoms with Crippen molar-refractivity contribution in [2.45, 2.75) is 13.5 Å². The molecule has 0 atom stereocenters. The quantitative estimate of drug-likeness (QED) is 0.280. The molecule has 12 heteroatoms. The summed E-state index contributed by atoms with van der Waals surface area (Å²) in [4.78, 5) is 28.0. The number of hydrogen-bond acceptors (Lipinski definition) is 8. The number of nitrogen functional groups attached to an aromatic ring is 1. The SMILES string of the molecule is CCOc1cc(NCCNC(=O)Cn2nc(-c3ncc[nH]3)c3c(N)ncnc32)ccc1Cl. The number of amides is 1. The molecule has 5 N–H and O–H groups in total. The van der Waals surface area contributed by atoms with E-state index in [4.69, 9.17) is 22.1 Å². The second-order valence-corrected chi connectivity index (χ2v) is 7.16. The fourth-order valence-corrected chi connectivity index (χ4v) is 3.35. The van der Waals surface area contributed by atoms with E-state index in [1.807, 2.05) is 19.1 Å². The third-order valence-electron chi connectivity index (χ3n) is 4.58. The number of carbonyl (C=O) groups excluding carboxylic acids is 1. The Bertz CT molecular complexity index is 1220. The van der Waals surface area contributed by atoms with E-state index in [-0.39, 0.29) is 18.3 Å². The van der Waals surface area contributed by atoms with Gasteiger partial charge in [0, 0.05) is 37.2 Å². The zero-order valence-electron chi connectivity index (χ0n) is 17.3. The highest BCUT2D eigenvalue weighted by Crippen LogP contribution is 2.28. The van der Waals surface area contributed by atoms with E-state index < -0.39 is 0 Å². The molecule has 1 amide bonds. The zero-order chi connectivity index (χ0) is 22.5. The number of ether oxygens (including phenoxy) is 1. The molecule has 1 aromatic carbocycles. The summed E-state index contributed by atoms with van der Waals surface area (Å²) in [5.74, 6) is 1.19. The minimum atomic E-state index is -0.217. The molecule has 11 nitrogen and oxygen atoms in total. The number of rotatable bonds is 9. The van der Waals surface area contributed by atoms with E-state index in [1.54, 1.807) is 18.5 Å². The van der Waals surface area contributed by atoms with Crippen LogP contribution in [0.5, 0.6) is 5.75 Å². The minimum Gasteiger partial charge on any atom is -0.492 e. The maximum atomic E-state index is 12.5. The standard InChI is InChI=1S/C20H22ClN9O2/c1-2-32-14-9-12(3-4-13(14)21)23-5-6-24-15(31)10-30-20-16(18(22)27-11-28-20)17(29-30)19-25-7-8-26-19/h3-4,7-9,11,23H,2,5-6,10H2,1H3,(H,24,31)(H,25,26)(H2,22,27,28). The molecule has 0 saturated heterocycles. The Morgan fingerprint density at radius 3 is 2.94 bits per heavy atom. The average molecular weight is 456 g/mol. The van der Waals surface area contributed by atoms with Gasteiger partial charge in [-0.25, -0.2) is 19.6 Å². The fraction of sp³-hybridized carbons (Fsp3) is 0.250. The van der Waals surface area contributed by atoms with Gasteiger partial charge in [-0.2, -0.15) is 5.10 Å². The van der Waals surface area contributed by atoms with Crippen LogP contribution in [0.2, 0.25) is 5.02 Å². The van der Waals surface area contributed by atoms with Crippen molar-refractivity contribution in [3.05, 3.63) is 41.9 Å². The van der Waals surface area contributed by atoms with E-state index >= 15 is 0 Å². The van der Waals surface area contributed by atoms with Crippen molar-refractivity contribution in [1.29, 1.82) is 0 Å². The second-order valence-electron chi connectivity index (χ2n) is 6.76. The molecular weight excluding hydrogens is 434 g/mol. The Hall–Kier alpha value is -3.86. The number of aromatic nitrogens is 6. The van der Waals surface area contributed by atoms with Crippen LogP contribution in [0.15, 0.2) is 36.9 Å². The molecule has 4 rings (SSSR count). The average Bonchev–Trinajstić information content (AvgIpc) is 3.43. The number of fused-ring (bicyclic) bond motifs is 1. The Labute approximate surface area is 188 Å². The lowest BCUT2D eigenvalue weighted by molar-refractivity contribution is -0.121. The Kier molecular flexibility index (Phi) is 6.36. The van der Waals surface area contributed by atoms with Gasteiger partial charge in [0.05, 0.1) is 17.0 Å². The van der Waals surface area contributed by atoms with Gasteiger partial charge in [0.15, 0.2) is 11.5 Å². The Morgan fingerprint density at radius 2 is 2.16 bits per heavy atom. The lowest BCUT2D eigenvalue weighted by Crippen LogP contribution is -2.32. The summed E-state index contributed by atoms with van der Waals surface area (Å²) < 4.78 is 6.97. The molecule has 0 aliphatic carbocycles. The molecule has 0 aliphatic rings. The number of hydrogen-bond donors (Lipinski definition) is 4. The van der Waals surface area contributed by atoms with Gasteiger partial charge in [-0.05, 0) is 19.1 Å². The summed E-state index contributed by atoms with van der Waals surface area (Å²) in [5.41, 5.74) is 7.83. The first-order valence-corrected chi connectivity index (χ1v) is 10.3. The van der Waals surface area contributed by atoms with Crippen molar-refractivity contribution in [1.82, 2.24) is 35.0 Å². The predicted octanol–water partition coefficient (Wildman–Crippen LogP) is 2.08. The van der Waals surface area contributed by atoms with E-state index in [0.717, 1.165) is 5.69 Å². The number of anilines is 2. The minimum absolute atomic E-state index is 0.0247. The van der Waals surface area contributed by atoms with Crippen molar-refractivity contribution < 1.29 is 9.53 Å². The first kappa shape index (κ1) is 21.4. The van der Waals surface area contributed by atoms with Crippen molar-refractivity contribution >= 4 is 40.0 Å². The number of H-pyrrole nitrogens is 1. The van der Waals surface area contributed by atoms with Crippen molar-refractivity contribution in [2.24, 2.45) is 0 Å². The zero-order valence-corrected chi connectivity index (χ0v) is 18.1. The summed E-state index contributed by atoms with van der Waals surface area (Å²) in [7, 11) is 0. The van der Waals surface area contributed by atoms with Crippen LogP contribution >= 0.6 is 11.6 Å². The third kappa shape index (κ3) is 4.57. The molecule has 0 spiro atoms. The third-order valence-corrected chi connectivity index (χ3v) is 4.89. The monoisotopic (exact) mass is 455 g/mol. The van der Waals surface area contributed by atoms with Crippen molar-refractivity contribution in [2.75, 3.05) is 30.7 Å². The van der Waals surface area contributed by atoms with E-state index in [0.29, 0.717) is 53.0 Å². The molecule has 3 heterocycles. The maximum absolute atomic E-state index is 12.5. The highest BCUT2D eigenvalue weighted by Gasteiger charge is 2.19. The molecule has 4 aromatic rings. The van der Waals surface area contributed by atoms with E-state index in [1.165, 1.54) is 11.0 Å². The summed E-state index contributed by atoms with van der Waals surface area (Å²) in [6, 6.07) is 5.44. The normalized spacial score (nSPS) is 10.9. The largest absolute Gasteiger partial charge is 0.492 e. The van der Waals surface area contributed by atoms with Crippen molar-refractivity contribution in [3.63, 3.8) is 0 Å². The van der Waals surface area contributed by atoms with Crippen LogP contribution in [0, 0.1) is 0 Å². The fourth-order valence-electron chi connectivity index (χ4n) is 3.18. The van der Waals surface area contributed by atoms with E-state index in [9.17, 15) is 4.79 Å². The number of halogens is 1. The summed E-state index contributed by atoms with van der Waals surface area (Å²) in [6.07, 6.45) is 4.63. The number of aromatic amines is 1. The molecule has 3 aromatic heterocycles. The van der Waals surface area contributed by atoms with Gasteiger partial charge in [-0.15, -0.1) is 0 Å². The number of nitrogens with two attached hydrogens (primary N) is 1. The van der Waals surface area contributed by atoms with Crippen LogP contribution in [-0.2, 0) is 11.3 Å². The van der Waals surface area contributed by atoms with Gasteiger partial charge in [0.1, 0.15) is 30.1 Å². The smallest absolute Gasteiger partial charge is 0.241 e. The van der Waals surface area contributed by atoms with Crippen LogP contribution in [0.25, 0.3) is 22.6 Å². The molecule has 0 radical (unpaired) electrons. The van der Waals surface area contributed by atoms with Crippen molar-refractivity contribution in [3.8, 4) is 17.3 Å². The van der Waals surface area contributed by atoms with Gasteiger partial charge in [0.25, 0.3) is 0 Å². The van der Waals surface area contributed by atoms with E-state index in [2.05, 4.69) is 35.7 Å². The lowest BCUT2D eigenvalue weighted by Gasteiger charge is -2.11. The molecule has 0 aliphatic heterocycles. The number of imidazole rings is 1. The molecule has 32 heavy (non-hydrogen) atoms. The maximum Gasteiger partial charge on any atom is 0.241 e. The van der Waals surface area contributed by atoms with Crippen LogP contribution in [-0.4, -0.2) is 55.3 Å². The molecule has 0 unspecified atom stereocenters. The molecule has 166 valence electrons. The second kappa shape index (κ2) is 9.52. The van der Waals surface area contributed by atoms with Crippen LogP contribution in [0.4, 0.5) is 11.5 Å². The summed E-state index contributed by atoms with van der Waals surface area (Å²) >= 11 is 6.10. The molecule has 0 bridgehead atoms. The number of nitrogens with one attached hydrogen (secondary N) is 3. The first-order valence-electron chi connectivity index (χ1n) is 9.96. The van der Waals surface area contributed by atoms with Crippen LogP contribution < -0.4 is 21.1 Å². The number of benzene rings is 1. The number of carbonyl (C=O) groups is 1. The molecule has 0 fully saturated rings. The van der Waals surface area contributed by atoms with Crippen LogP contribution in [0.3, 0.4) is 0 Å². The Balaban J connectivity index is 1.38. The molecular formula is C20H22ClN9O2. The van der Waals surface area contributed by atoms with Crippen LogP contribution in [0.1, 0.15) is 6.92 Å². The molecule has 0 saturated carbocycles. The summed E-state index contributed by atoms with van der Waals surface area (Å²) in [6.45, 7) is 3.33. The van der Waals surface area contributed by atoms with Gasteiger partial charge in [-0.1, -0.05) is 11.6 Å². The highest BCUT2D eigenvalue weighted by molar-refractivity contribution is 6.32. The summed E-state index contributed by atoms with van der Waals surface area (Å²) in [5, 5.41) is 11.7. The lowest BCUT2D eigenvalue weighted by atomic mass is 10.2. The first-order chi connectivity index (χ1) is 15.6. The van der Waals surface area contributed by atoms with Gasteiger partial charge in [0.2, 0.25) is 5.91 Å². The predicted molar refractivity (Wildman–Crippen MR) is 121 cm³/mol. The Morgan fingerprint density at radius 1 is 1.28 bits per heavy atom. The van der Waals surface area contributed by atoms with Gasteiger partial charge < -0.3 is 26.1 Å². The van der Waals surface area contributed by atoms with Gasteiger partial charge in [-0.3, -0.25) is 4.79 Å².